The largest absolute Gasteiger partial charge is 0.484 e. The number of nitrogens with one attached hydrogen (secondary N) is 6. The number of likely N-dealkylation sites (tertiary alicyclic amines) is 2. The van der Waals surface area contributed by atoms with Crippen LogP contribution in [0.2, 0.25) is 0 Å². The highest BCUT2D eigenvalue weighted by atomic mass is 32.2. The van der Waals surface area contributed by atoms with Crippen LogP contribution in [0.1, 0.15) is 85.8 Å². The van der Waals surface area contributed by atoms with Gasteiger partial charge in [-0.3, -0.25) is 9.80 Å². The Kier molecular flexibility index (Phi) is 27.9. The van der Waals surface area contributed by atoms with Crippen molar-refractivity contribution in [3.63, 3.8) is 0 Å². The zero-order valence-electron chi connectivity index (χ0n) is 49.6. The van der Waals surface area contributed by atoms with Crippen LogP contribution in [0.4, 0.5) is 9.59 Å². The van der Waals surface area contributed by atoms with Gasteiger partial charge in [0, 0.05) is 39.3 Å². The molecule has 24 heteroatoms. The normalized spacial score (nSPS) is 18.9. The molecule has 2 heterocycles. The number of carbonyl (C=O) groups excluding carboxylic acids is 2. The van der Waals surface area contributed by atoms with Crippen molar-refractivity contribution in [2.24, 2.45) is 0 Å². The van der Waals surface area contributed by atoms with Gasteiger partial charge >= 0.3 is 12.1 Å². The molecule has 86 heavy (non-hydrogen) atoms. The van der Waals surface area contributed by atoms with Crippen molar-refractivity contribution in [2.45, 2.75) is 98.3 Å². The van der Waals surface area contributed by atoms with Crippen molar-refractivity contribution in [3.8, 4) is 11.5 Å². The van der Waals surface area contributed by atoms with Crippen LogP contribution in [0.3, 0.4) is 0 Å². The molecule has 4 aromatic rings. The summed E-state index contributed by atoms with van der Waals surface area (Å²) in [5.41, 5.74) is 5.03. The average molecular weight is 1240 g/mol. The molecule has 0 radical (unpaired) electrons. The lowest BCUT2D eigenvalue weighted by Crippen LogP contribution is -2.43. The molecule has 4 atom stereocenters. The molecule has 2 fully saturated rings. The minimum absolute atomic E-state index is 0.105. The van der Waals surface area contributed by atoms with Gasteiger partial charge in [0.2, 0.25) is 20.0 Å². The minimum Gasteiger partial charge on any atom is -0.484 e. The first kappa shape index (κ1) is 66.5. The number of sulfonamides is 2. The number of hydrogen-bond acceptors (Lipinski definition) is 16. The van der Waals surface area contributed by atoms with E-state index in [2.05, 4.69) is 76.9 Å². The Hall–Kier alpha value is -5.48. The molecule has 474 valence electrons. The van der Waals surface area contributed by atoms with Crippen LogP contribution in [-0.2, 0) is 61.3 Å². The molecule has 0 spiro atoms. The number of carbonyl (C=O) groups is 2. The molecular weight excluding hydrogens is 1140 g/mol. The Labute approximate surface area is 508 Å². The van der Waals surface area contributed by atoms with Gasteiger partial charge in [0.05, 0.1) is 101 Å². The minimum atomic E-state index is -3.73. The van der Waals surface area contributed by atoms with E-state index in [4.69, 9.17) is 37.9 Å². The molecule has 4 aliphatic rings. The number of rotatable bonds is 39. The maximum Gasteiger partial charge on any atom is 0.314 e. The van der Waals surface area contributed by atoms with Gasteiger partial charge in [-0.15, -0.1) is 0 Å². The highest BCUT2D eigenvalue weighted by Crippen LogP contribution is 2.41. The molecule has 6 N–H and O–H groups in total. The maximum absolute atomic E-state index is 13.0. The van der Waals surface area contributed by atoms with E-state index in [1.807, 2.05) is 12.1 Å². The van der Waals surface area contributed by atoms with Crippen LogP contribution in [0.5, 0.6) is 11.5 Å². The molecule has 4 unspecified atom stereocenters. The van der Waals surface area contributed by atoms with Gasteiger partial charge in [-0.2, -0.15) is 0 Å². The molecule has 4 amide bonds. The van der Waals surface area contributed by atoms with Gasteiger partial charge in [-0.05, 0) is 148 Å². The van der Waals surface area contributed by atoms with E-state index in [1.165, 1.54) is 60.8 Å². The summed E-state index contributed by atoms with van der Waals surface area (Å²) in [5.74, 6) is 1.28. The molecule has 0 bridgehead atoms. The fraction of sp³-hybridized carbons (Fsp3) is 0.581. The lowest BCUT2D eigenvalue weighted by atomic mass is 10.0. The van der Waals surface area contributed by atoms with E-state index in [0.29, 0.717) is 117 Å². The Morgan fingerprint density at radius 2 is 0.721 bits per heavy atom. The molecule has 22 nitrogen and oxygen atoms in total. The fourth-order valence-corrected chi connectivity index (χ4v) is 13.2. The van der Waals surface area contributed by atoms with E-state index in [-0.39, 0.29) is 72.4 Å². The third kappa shape index (κ3) is 21.7. The van der Waals surface area contributed by atoms with Gasteiger partial charge in [0.1, 0.15) is 23.7 Å². The number of benzene rings is 4. The van der Waals surface area contributed by atoms with Crippen LogP contribution < -0.4 is 40.2 Å². The zero-order chi connectivity index (χ0) is 60.1. The van der Waals surface area contributed by atoms with E-state index in [0.717, 1.165) is 39.0 Å². The first-order chi connectivity index (χ1) is 42.0. The first-order valence-corrected chi connectivity index (χ1v) is 33.7. The van der Waals surface area contributed by atoms with Crippen molar-refractivity contribution in [2.75, 3.05) is 145 Å². The Morgan fingerprint density at radius 3 is 1.09 bits per heavy atom. The van der Waals surface area contributed by atoms with Crippen LogP contribution in [0.25, 0.3) is 0 Å². The molecule has 0 saturated carbocycles. The Balaban J connectivity index is 0.534. The highest BCUT2D eigenvalue weighted by Gasteiger charge is 2.40. The number of piperidine rings is 2. The standard InChI is InChI=1S/C62H90N8O14S2/c71-61(65-27-35-77-39-43-81-45-41-79-37-29-67-85(73,74)53-21-17-51(18-22-53)83-59-55-15-5-3-13-49(55)47-57(59)69-31-9-1-10-32-69)63-25-7-8-26-64-62(72)66-28-36-78-40-44-82-46-42-80-38-30-68-86(75,76)54-23-19-52(20-24-54)84-60-56-16-6-4-14-50(56)48-58(60)70-33-11-2-12-34-70/h3-6,13-24,57-60,67-68H,1-2,7-12,25-48H2,(H2,63,65,71)(H2,64,66,72). The summed E-state index contributed by atoms with van der Waals surface area (Å²) >= 11 is 0. The van der Waals surface area contributed by atoms with Gasteiger partial charge in [0.15, 0.2) is 0 Å². The van der Waals surface area contributed by atoms with Crippen molar-refractivity contribution >= 4 is 32.1 Å². The van der Waals surface area contributed by atoms with Gasteiger partial charge in [0.25, 0.3) is 0 Å². The van der Waals surface area contributed by atoms with Crippen LogP contribution in [0.15, 0.2) is 107 Å². The third-order valence-corrected chi connectivity index (χ3v) is 18.6. The van der Waals surface area contributed by atoms with Crippen molar-refractivity contribution in [1.82, 2.24) is 40.5 Å². The smallest absolute Gasteiger partial charge is 0.314 e. The van der Waals surface area contributed by atoms with E-state index in [9.17, 15) is 26.4 Å². The van der Waals surface area contributed by atoms with Gasteiger partial charge < -0.3 is 59.2 Å². The summed E-state index contributed by atoms with van der Waals surface area (Å²) in [6.45, 7) is 9.65. The summed E-state index contributed by atoms with van der Waals surface area (Å²) in [7, 11) is -7.46. The molecule has 2 saturated heterocycles. The summed E-state index contributed by atoms with van der Waals surface area (Å²) < 4.78 is 103. The number of fused-ring (bicyclic) bond motifs is 2. The number of hydrogen-bond donors (Lipinski definition) is 6. The number of ether oxygens (including phenoxy) is 8. The second-order valence-electron chi connectivity index (χ2n) is 21.7. The van der Waals surface area contributed by atoms with Crippen molar-refractivity contribution in [1.29, 1.82) is 0 Å². The van der Waals surface area contributed by atoms with Gasteiger partial charge in [-0.25, -0.2) is 35.9 Å². The second-order valence-corrected chi connectivity index (χ2v) is 25.2. The average Bonchev–Trinajstić information content (AvgIpc) is 3.28. The molecule has 4 aromatic carbocycles. The van der Waals surface area contributed by atoms with Crippen LogP contribution in [-0.4, -0.2) is 196 Å². The van der Waals surface area contributed by atoms with Crippen molar-refractivity contribution < 1.29 is 64.3 Å². The summed E-state index contributed by atoms with van der Waals surface area (Å²) in [4.78, 5) is 29.6. The Morgan fingerprint density at radius 1 is 0.395 bits per heavy atom. The van der Waals surface area contributed by atoms with E-state index in [1.54, 1.807) is 48.5 Å². The predicted molar refractivity (Wildman–Crippen MR) is 326 cm³/mol. The fourth-order valence-electron chi connectivity index (χ4n) is 11.2. The van der Waals surface area contributed by atoms with Crippen LogP contribution >= 0.6 is 0 Å². The van der Waals surface area contributed by atoms with Gasteiger partial charge in [-0.1, -0.05) is 61.4 Å². The predicted octanol–water partition coefficient (Wildman–Crippen LogP) is 5.48. The number of urea groups is 2. The molecular formula is C62H90N8O14S2. The first-order valence-electron chi connectivity index (χ1n) is 30.7. The summed E-state index contributed by atoms with van der Waals surface area (Å²) in [5, 5.41) is 11.0. The lowest BCUT2D eigenvalue weighted by molar-refractivity contribution is 0.0165. The molecule has 8 rings (SSSR count). The quantitative estimate of drug-likeness (QED) is 0.0303. The topological polar surface area (TPSA) is 255 Å². The van der Waals surface area contributed by atoms with Crippen molar-refractivity contribution in [3.05, 3.63) is 119 Å². The number of nitrogens with zero attached hydrogens (tertiary/aromatic N) is 2. The highest BCUT2D eigenvalue weighted by molar-refractivity contribution is 7.89. The number of unbranched alkanes of at least 4 members (excludes halogenated alkanes) is 1. The summed E-state index contributed by atoms with van der Waals surface area (Å²) in [6, 6.07) is 30.0. The third-order valence-electron chi connectivity index (χ3n) is 15.6. The second kappa shape index (κ2) is 36.1. The maximum atomic E-state index is 13.0. The monoisotopic (exact) mass is 1230 g/mol. The van der Waals surface area contributed by atoms with E-state index < -0.39 is 20.0 Å². The SMILES string of the molecule is O=C(NCCCCNC(=O)NCCOCCOCCOCCNS(=O)(=O)c1ccc(OC2c3ccccc3CC2N2CCCCC2)cc1)NCCOCCOCCOCCNS(=O)(=O)c1ccc(OC2c3ccccc3CC2N2CCCCC2)cc1. The molecule has 2 aliphatic carbocycles. The number of amides is 4. The lowest BCUT2D eigenvalue weighted by Gasteiger charge is -2.35. The molecule has 2 aliphatic heterocycles. The van der Waals surface area contributed by atoms with Crippen LogP contribution in [0, 0.1) is 0 Å². The zero-order valence-corrected chi connectivity index (χ0v) is 51.2. The summed E-state index contributed by atoms with van der Waals surface area (Å²) in [6.07, 6.45) is 10.4. The van der Waals surface area contributed by atoms with E-state index >= 15 is 0 Å². The molecule has 0 aromatic heterocycles. The Bertz CT molecular complexity index is 2670.